The summed E-state index contributed by atoms with van der Waals surface area (Å²) in [6.45, 7) is 4.15. The van der Waals surface area contributed by atoms with Gasteiger partial charge in [0.05, 0.1) is 18.0 Å². The van der Waals surface area contributed by atoms with Crippen LogP contribution in [-0.4, -0.2) is 39.8 Å². The van der Waals surface area contributed by atoms with Crippen LogP contribution in [0.15, 0.2) is 48.5 Å². The number of anilines is 1. The lowest BCUT2D eigenvalue weighted by molar-refractivity contribution is -0.121. The molecule has 0 bridgehead atoms. The topological polar surface area (TPSA) is 75.7 Å². The monoisotopic (exact) mass is 422 g/mol. The molecule has 0 spiro atoms. The number of sulfonamides is 1. The van der Waals surface area contributed by atoms with Gasteiger partial charge in [-0.15, -0.1) is 0 Å². The van der Waals surface area contributed by atoms with Gasteiger partial charge in [-0.2, -0.15) is 0 Å². The van der Waals surface area contributed by atoms with Gasteiger partial charge in [0.25, 0.3) is 0 Å². The third kappa shape index (κ3) is 7.38. The van der Waals surface area contributed by atoms with Crippen molar-refractivity contribution in [2.75, 3.05) is 23.7 Å². The number of amides is 1. The fourth-order valence-electron chi connectivity index (χ4n) is 2.75. The van der Waals surface area contributed by atoms with E-state index in [1.165, 1.54) is 18.2 Å². The minimum Gasteiger partial charge on any atom is -0.491 e. The first-order chi connectivity index (χ1) is 13.7. The Balaban J connectivity index is 1.81. The van der Waals surface area contributed by atoms with Gasteiger partial charge in [0.15, 0.2) is 0 Å². The quantitative estimate of drug-likeness (QED) is 0.638. The molecule has 0 aliphatic heterocycles. The number of nitrogens with zero attached hydrogens (tertiary/aromatic N) is 1. The zero-order valence-corrected chi connectivity index (χ0v) is 17.7. The number of aryl methyl sites for hydroxylation is 1. The lowest BCUT2D eigenvalue weighted by Crippen LogP contribution is -2.37. The number of hydrogen-bond acceptors (Lipinski definition) is 4. The predicted octanol–water partition coefficient (Wildman–Crippen LogP) is 3.26. The van der Waals surface area contributed by atoms with E-state index >= 15 is 0 Å². The van der Waals surface area contributed by atoms with E-state index in [1.54, 1.807) is 6.07 Å². The van der Waals surface area contributed by atoms with Crippen LogP contribution in [0.25, 0.3) is 0 Å². The summed E-state index contributed by atoms with van der Waals surface area (Å²) < 4.78 is 44.6. The van der Waals surface area contributed by atoms with Gasteiger partial charge in [0.1, 0.15) is 18.2 Å². The van der Waals surface area contributed by atoms with Crippen LogP contribution in [0.5, 0.6) is 5.75 Å². The molecule has 0 heterocycles. The Kier molecular flexibility index (Phi) is 8.01. The van der Waals surface area contributed by atoms with Gasteiger partial charge in [-0.3, -0.25) is 9.10 Å². The molecule has 0 aliphatic carbocycles. The molecule has 1 amide bonds. The lowest BCUT2D eigenvalue weighted by Gasteiger charge is -2.23. The number of hydrogen-bond donors (Lipinski definition) is 1. The molecule has 158 valence electrons. The van der Waals surface area contributed by atoms with Gasteiger partial charge in [-0.05, 0) is 44.5 Å². The number of halogens is 1. The number of carbonyl (C=O) groups excluding carboxylic acids is 1. The highest BCUT2D eigenvalue weighted by Gasteiger charge is 2.20. The van der Waals surface area contributed by atoms with E-state index in [0.717, 1.165) is 21.9 Å². The number of rotatable bonds is 10. The molecule has 0 fully saturated rings. The molecule has 0 saturated heterocycles. The van der Waals surface area contributed by atoms with Crippen molar-refractivity contribution in [2.24, 2.45) is 0 Å². The maximum atomic E-state index is 14.0. The van der Waals surface area contributed by atoms with E-state index in [2.05, 4.69) is 5.32 Å². The highest BCUT2D eigenvalue weighted by molar-refractivity contribution is 7.92. The summed E-state index contributed by atoms with van der Waals surface area (Å²) in [5, 5.41) is 2.82. The Bertz CT molecular complexity index is 917. The molecular formula is C21H27FN2O4S. The molecule has 8 heteroatoms. The van der Waals surface area contributed by atoms with Crippen LogP contribution in [0, 0.1) is 12.7 Å². The Morgan fingerprint density at radius 1 is 1.17 bits per heavy atom. The Labute approximate surface area is 171 Å². The van der Waals surface area contributed by atoms with E-state index in [-0.39, 0.29) is 37.0 Å². The summed E-state index contributed by atoms with van der Waals surface area (Å²) in [7, 11) is -3.66. The maximum Gasteiger partial charge on any atom is 0.232 e. The standard InChI is InChI=1S/C21H27FN2O4S/c1-16-10-12-18(13-11-16)28-15-17(2)23-21(25)9-6-14-24(29(3,26)27)20-8-5-4-7-19(20)22/h4-5,7-8,10-13,17H,6,9,14-15H2,1-3H3,(H,23,25)/t17-/m0/s1. The summed E-state index contributed by atoms with van der Waals surface area (Å²) in [6.07, 6.45) is 1.40. The molecule has 6 nitrogen and oxygen atoms in total. The van der Waals surface area contributed by atoms with E-state index < -0.39 is 15.8 Å². The fraction of sp³-hybridized carbons (Fsp3) is 0.381. The second kappa shape index (κ2) is 10.2. The van der Waals surface area contributed by atoms with Crippen LogP contribution in [0.2, 0.25) is 0 Å². The highest BCUT2D eigenvalue weighted by atomic mass is 32.2. The van der Waals surface area contributed by atoms with Crippen molar-refractivity contribution >= 4 is 21.6 Å². The molecule has 2 rings (SSSR count). The molecule has 0 aliphatic rings. The summed E-state index contributed by atoms with van der Waals surface area (Å²) in [4.78, 5) is 12.1. The second-order valence-corrected chi connectivity index (χ2v) is 8.89. The van der Waals surface area contributed by atoms with Gasteiger partial charge in [0.2, 0.25) is 15.9 Å². The van der Waals surface area contributed by atoms with Gasteiger partial charge in [-0.25, -0.2) is 12.8 Å². The Hall–Kier alpha value is -2.61. The average Bonchev–Trinajstić information content (AvgIpc) is 2.65. The minimum atomic E-state index is -3.66. The van der Waals surface area contributed by atoms with Crippen molar-refractivity contribution in [3.63, 3.8) is 0 Å². The summed E-state index contributed by atoms with van der Waals surface area (Å²) in [5.74, 6) is -0.110. The number of ether oxygens (including phenoxy) is 1. The number of nitrogens with one attached hydrogen (secondary N) is 1. The van der Waals surface area contributed by atoms with Crippen molar-refractivity contribution in [1.82, 2.24) is 5.32 Å². The van der Waals surface area contributed by atoms with Crippen molar-refractivity contribution in [2.45, 2.75) is 32.7 Å². The van der Waals surface area contributed by atoms with Crippen LogP contribution in [0.1, 0.15) is 25.3 Å². The molecule has 1 atom stereocenters. The van der Waals surface area contributed by atoms with E-state index in [1.807, 2.05) is 38.1 Å². The molecule has 1 N–H and O–H groups in total. The van der Waals surface area contributed by atoms with Crippen molar-refractivity contribution in [1.29, 1.82) is 0 Å². The first-order valence-corrected chi connectivity index (χ1v) is 11.2. The predicted molar refractivity (Wildman–Crippen MR) is 112 cm³/mol. The minimum absolute atomic E-state index is 0.0153. The molecule has 0 saturated carbocycles. The van der Waals surface area contributed by atoms with Crippen LogP contribution < -0.4 is 14.4 Å². The van der Waals surface area contributed by atoms with Crippen molar-refractivity contribution in [3.05, 3.63) is 59.9 Å². The first-order valence-electron chi connectivity index (χ1n) is 9.38. The van der Waals surface area contributed by atoms with Crippen LogP contribution in [0.3, 0.4) is 0 Å². The van der Waals surface area contributed by atoms with Crippen molar-refractivity contribution in [3.8, 4) is 5.75 Å². The zero-order valence-electron chi connectivity index (χ0n) is 16.9. The number of benzene rings is 2. The molecule has 2 aromatic carbocycles. The summed E-state index contributed by atoms with van der Waals surface area (Å²) in [5.41, 5.74) is 1.12. The smallest absolute Gasteiger partial charge is 0.232 e. The van der Waals surface area contributed by atoms with E-state index in [0.29, 0.717) is 6.61 Å². The van der Waals surface area contributed by atoms with Crippen LogP contribution in [-0.2, 0) is 14.8 Å². The zero-order chi connectivity index (χ0) is 21.4. The largest absolute Gasteiger partial charge is 0.491 e. The molecule has 0 radical (unpaired) electrons. The Morgan fingerprint density at radius 2 is 1.83 bits per heavy atom. The molecule has 2 aromatic rings. The normalized spacial score (nSPS) is 12.3. The lowest BCUT2D eigenvalue weighted by atomic mass is 10.2. The third-order valence-corrected chi connectivity index (χ3v) is 5.39. The van der Waals surface area contributed by atoms with Crippen LogP contribution in [0.4, 0.5) is 10.1 Å². The highest BCUT2D eigenvalue weighted by Crippen LogP contribution is 2.21. The first kappa shape index (κ1) is 22.7. The fourth-order valence-corrected chi connectivity index (χ4v) is 3.71. The maximum absolute atomic E-state index is 14.0. The molecular weight excluding hydrogens is 395 g/mol. The van der Waals surface area contributed by atoms with E-state index in [9.17, 15) is 17.6 Å². The van der Waals surface area contributed by atoms with Gasteiger partial charge in [0, 0.05) is 13.0 Å². The summed E-state index contributed by atoms with van der Waals surface area (Å²) in [6, 6.07) is 13.1. The molecule has 0 unspecified atom stereocenters. The van der Waals surface area contributed by atoms with Crippen molar-refractivity contribution < 1.29 is 22.3 Å². The summed E-state index contributed by atoms with van der Waals surface area (Å²) >= 11 is 0. The average molecular weight is 423 g/mol. The second-order valence-electron chi connectivity index (χ2n) is 6.98. The third-order valence-electron chi connectivity index (χ3n) is 4.21. The van der Waals surface area contributed by atoms with Gasteiger partial charge >= 0.3 is 0 Å². The molecule has 0 aromatic heterocycles. The van der Waals surface area contributed by atoms with Crippen LogP contribution >= 0.6 is 0 Å². The number of para-hydroxylation sites is 1. The van der Waals surface area contributed by atoms with Gasteiger partial charge in [-0.1, -0.05) is 29.8 Å². The Morgan fingerprint density at radius 3 is 2.45 bits per heavy atom. The molecule has 29 heavy (non-hydrogen) atoms. The SMILES string of the molecule is Cc1ccc(OC[C@H](C)NC(=O)CCCN(c2ccccc2F)S(C)(=O)=O)cc1. The number of carbonyl (C=O) groups is 1. The van der Waals surface area contributed by atoms with Gasteiger partial charge < -0.3 is 10.1 Å². The van der Waals surface area contributed by atoms with E-state index in [4.69, 9.17) is 4.74 Å².